The largest absolute Gasteiger partial charge is 0.356 e. The molecule has 0 radical (unpaired) electrons. The zero-order valence-electron chi connectivity index (χ0n) is 15.2. The summed E-state index contributed by atoms with van der Waals surface area (Å²) in [7, 11) is 0. The number of carbonyl (C=O) groups is 1. The summed E-state index contributed by atoms with van der Waals surface area (Å²) in [6.45, 7) is 3.78. The van der Waals surface area contributed by atoms with Gasteiger partial charge in [-0.05, 0) is 43.7 Å². The van der Waals surface area contributed by atoms with Gasteiger partial charge in [0, 0.05) is 30.8 Å². The predicted octanol–water partition coefficient (Wildman–Crippen LogP) is 2.83. The summed E-state index contributed by atoms with van der Waals surface area (Å²) >= 11 is 0. The van der Waals surface area contributed by atoms with Crippen molar-refractivity contribution in [1.82, 2.24) is 15.3 Å². The number of amides is 1. The van der Waals surface area contributed by atoms with Crippen molar-refractivity contribution in [2.45, 2.75) is 50.5 Å². The molecular formula is C21H24N4O. The summed E-state index contributed by atoms with van der Waals surface area (Å²) in [6, 6.07) is 10.6. The molecule has 5 rings (SSSR count). The molecule has 2 aromatic rings. The molecule has 1 amide bonds. The minimum Gasteiger partial charge on any atom is -0.356 e. The molecule has 1 aromatic heterocycles. The van der Waals surface area contributed by atoms with Crippen molar-refractivity contribution >= 4 is 11.7 Å². The van der Waals surface area contributed by atoms with E-state index in [1.165, 1.54) is 29.7 Å². The average Bonchev–Trinajstić information content (AvgIpc) is 3.47. The molecule has 5 heteroatoms. The highest BCUT2D eigenvalue weighted by atomic mass is 16.1. The second-order valence-electron chi connectivity index (χ2n) is 7.92. The molecule has 134 valence electrons. The van der Waals surface area contributed by atoms with Gasteiger partial charge in [0.15, 0.2) is 0 Å². The first kappa shape index (κ1) is 15.8. The third-order valence-electron chi connectivity index (χ3n) is 6.04. The average molecular weight is 348 g/mol. The minimum atomic E-state index is -0.218. The number of aryl methyl sites for hydroxylation is 1. The molecular weight excluding hydrogens is 324 g/mol. The number of benzene rings is 1. The number of carbonyl (C=O) groups excluding carboxylic acids is 1. The van der Waals surface area contributed by atoms with Crippen LogP contribution in [0.3, 0.4) is 0 Å². The maximum atomic E-state index is 12.3. The van der Waals surface area contributed by atoms with Gasteiger partial charge >= 0.3 is 0 Å². The Bertz CT molecular complexity index is 866. The van der Waals surface area contributed by atoms with Gasteiger partial charge in [-0.2, -0.15) is 0 Å². The fourth-order valence-electron chi connectivity index (χ4n) is 4.53. The van der Waals surface area contributed by atoms with Crippen LogP contribution in [-0.2, 0) is 16.8 Å². The Morgan fingerprint density at radius 2 is 1.92 bits per heavy atom. The first-order valence-electron chi connectivity index (χ1n) is 9.63. The van der Waals surface area contributed by atoms with E-state index in [4.69, 9.17) is 0 Å². The second kappa shape index (κ2) is 5.79. The van der Waals surface area contributed by atoms with Gasteiger partial charge < -0.3 is 10.2 Å². The van der Waals surface area contributed by atoms with E-state index in [0.29, 0.717) is 12.3 Å². The maximum absolute atomic E-state index is 12.3. The lowest BCUT2D eigenvalue weighted by Crippen LogP contribution is -2.56. The van der Waals surface area contributed by atoms with Gasteiger partial charge in [-0.3, -0.25) is 4.79 Å². The quantitative estimate of drug-likeness (QED) is 0.907. The van der Waals surface area contributed by atoms with Crippen molar-refractivity contribution in [2.24, 2.45) is 0 Å². The van der Waals surface area contributed by atoms with E-state index < -0.39 is 0 Å². The van der Waals surface area contributed by atoms with Gasteiger partial charge in [0.1, 0.15) is 11.6 Å². The van der Waals surface area contributed by atoms with Crippen LogP contribution in [0, 0.1) is 6.92 Å². The highest BCUT2D eigenvalue weighted by Crippen LogP contribution is 2.41. The zero-order valence-corrected chi connectivity index (χ0v) is 15.2. The van der Waals surface area contributed by atoms with E-state index >= 15 is 0 Å². The number of anilines is 1. The molecule has 0 bridgehead atoms. The monoisotopic (exact) mass is 348 g/mol. The molecule has 3 heterocycles. The van der Waals surface area contributed by atoms with Crippen molar-refractivity contribution in [2.75, 3.05) is 18.0 Å². The van der Waals surface area contributed by atoms with Gasteiger partial charge in [0.05, 0.1) is 12.0 Å². The maximum Gasteiger partial charge on any atom is 0.225 e. The van der Waals surface area contributed by atoms with Gasteiger partial charge in [-0.15, -0.1) is 0 Å². The lowest BCUT2D eigenvalue weighted by Gasteiger charge is -2.46. The van der Waals surface area contributed by atoms with Crippen LogP contribution in [0.1, 0.15) is 54.2 Å². The fraction of sp³-hybridized carbons (Fsp3) is 0.476. The summed E-state index contributed by atoms with van der Waals surface area (Å²) in [4.78, 5) is 23.9. The number of aromatic nitrogens is 2. The van der Waals surface area contributed by atoms with Gasteiger partial charge in [-0.1, -0.05) is 24.3 Å². The second-order valence-corrected chi connectivity index (χ2v) is 7.92. The van der Waals surface area contributed by atoms with Crippen molar-refractivity contribution < 1.29 is 4.79 Å². The normalized spacial score (nSPS) is 21.4. The summed E-state index contributed by atoms with van der Waals surface area (Å²) in [6.07, 6.45) is 4.83. The standard InChI is InChI=1S/C21H24N4O/c1-14-22-18(15-6-7-15)13-19(23-14)25-10-8-21(9-11-25)17-5-3-2-4-16(17)12-20(26)24-21/h2-5,13,15H,6-12H2,1H3,(H,24,26). The van der Waals surface area contributed by atoms with Crippen molar-refractivity contribution in [3.05, 3.63) is 53.0 Å². The van der Waals surface area contributed by atoms with Gasteiger partial charge in [0.25, 0.3) is 0 Å². The number of nitrogens with one attached hydrogen (secondary N) is 1. The van der Waals surface area contributed by atoms with E-state index in [9.17, 15) is 4.79 Å². The number of rotatable bonds is 2. The Labute approximate surface area is 153 Å². The van der Waals surface area contributed by atoms with Crippen LogP contribution in [0.5, 0.6) is 0 Å². The van der Waals surface area contributed by atoms with E-state index in [1.807, 2.05) is 13.0 Å². The fourth-order valence-corrected chi connectivity index (χ4v) is 4.53. The van der Waals surface area contributed by atoms with E-state index in [-0.39, 0.29) is 11.4 Å². The topological polar surface area (TPSA) is 58.1 Å². The van der Waals surface area contributed by atoms with Crippen molar-refractivity contribution in [3.8, 4) is 0 Å². The number of hydrogen-bond donors (Lipinski definition) is 1. The van der Waals surface area contributed by atoms with Crippen LogP contribution >= 0.6 is 0 Å². The number of piperidine rings is 1. The first-order chi connectivity index (χ1) is 12.6. The molecule has 1 saturated carbocycles. The highest BCUT2D eigenvalue weighted by Gasteiger charge is 2.42. The van der Waals surface area contributed by atoms with Crippen LogP contribution in [0.4, 0.5) is 5.82 Å². The van der Waals surface area contributed by atoms with Crippen LogP contribution in [0.2, 0.25) is 0 Å². The Morgan fingerprint density at radius 1 is 1.15 bits per heavy atom. The number of fused-ring (bicyclic) bond motifs is 2. The minimum absolute atomic E-state index is 0.144. The third-order valence-corrected chi connectivity index (χ3v) is 6.04. The Hall–Kier alpha value is -2.43. The summed E-state index contributed by atoms with van der Waals surface area (Å²) in [5.41, 5.74) is 3.46. The molecule has 3 aliphatic rings. The molecule has 2 aliphatic heterocycles. The first-order valence-corrected chi connectivity index (χ1v) is 9.63. The van der Waals surface area contributed by atoms with Crippen molar-refractivity contribution in [1.29, 1.82) is 0 Å². The van der Waals surface area contributed by atoms with Gasteiger partial charge in [0.2, 0.25) is 5.91 Å². The molecule has 1 saturated heterocycles. The third kappa shape index (κ3) is 2.66. The van der Waals surface area contributed by atoms with Crippen LogP contribution in [-0.4, -0.2) is 29.0 Å². The molecule has 1 aromatic carbocycles. The van der Waals surface area contributed by atoms with E-state index in [0.717, 1.165) is 37.6 Å². The Balaban J connectivity index is 1.41. The Morgan fingerprint density at radius 3 is 2.69 bits per heavy atom. The molecule has 0 unspecified atom stereocenters. The Kier molecular flexibility index (Phi) is 3.52. The zero-order chi connectivity index (χ0) is 17.7. The number of nitrogens with zero attached hydrogens (tertiary/aromatic N) is 3. The molecule has 5 nitrogen and oxygen atoms in total. The molecule has 26 heavy (non-hydrogen) atoms. The lowest BCUT2D eigenvalue weighted by atomic mass is 9.75. The molecule has 2 fully saturated rings. The lowest BCUT2D eigenvalue weighted by molar-refractivity contribution is -0.123. The van der Waals surface area contributed by atoms with Crippen LogP contribution in [0.15, 0.2) is 30.3 Å². The summed E-state index contributed by atoms with van der Waals surface area (Å²) < 4.78 is 0. The van der Waals surface area contributed by atoms with E-state index in [2.05, 4.69) is 44.5 Å². The molecule has 0 atom stereocenters. The predicted molar refractivity (Wildman–Crippen MR) is 100 cm³/mol. The highest BCUT2D eigenvalue weighted by molar-refractivity contribution is 5.82. The number of hydrogen-bond acceptors (Lipinski definition) is 4. The molecule has 1 aliphatic carbocycles. The van der Waals surface area contributed by atoms with E-state index in [1.54, 1.807) is 0 Å². The van der Waals surface area contributed by atoms with Crippen LogP contribution in [0.25, 0.3) is 0 Å². The van der Waals surface area contributed by atoms with Crippen molar-refractivity contribution in [3.63, 3.8) is 0 Å². The summed E-state index contributed by atoms with van der Waals surface area (Å²) in [5.74, 6) is 2.69. The molecule has 1 N–H and O–H groups in total. The van der Waals surface area contributed by atoms with Crippen LogP contribution < -0.4 is 10.2 Å². The SMILES string of the molecule is Cc1nc(C2CC2)cc(N2CCC3(CC2)NC(=O)Cc2ccccc23)n1. The summed E-state index contributed by atoms with van der Waals surface area (Å²) in [5, 5.41) is 3.31. The molecule has 1 spiro atoms. The van der Waals surface area contributed by atoms with Gasteiger partial charge in [-0.25, -0.2) is 9.97 Å². The smallest absolute Gasteiger partial charge is 0.225 e.